The first-order chi connectivity index (χ1) is 12.7. The molecule has 2 unspecified atom stereocenters. The van der Waals surface area contributed by atoms with Crippen molar-refractivity contribution in [2.45, 2.75) is 38.5 Å². The van der Waals surface area contributed by atoms with E-state index in [9.17, 15) is 10.1 Å². The number of nitrogens with zero attached hydrogens (tertiary/aromatic N) is 3. The first kappa shape index (κ1) is 21.8. The Bertz CT molecular complexity index is 652. The van der Waals surface area contributed by atoms with Crippen molar-refractivity contribution >= 4 is 35.6 Å². The number of nitro benzene ring substituents is 1. The molecule has 9 heteroatoms. The normalized spacial score (nSPS) is 23.0. The van der Waals surface area contributed by atoms with Crippen molar-refractivity contribution in [3.05, 3.63) is 39.9 Å². The molecule has 1 aromatic carbocycles. The van der Waals surface area contributed by atoms with Crippen LogP contribution in [0, 0.1) is 10.1 Å². The first-order valence-corrected chi connectivity index (χ1v) is 9.17. The van der Waals surface area contributed by atoms with Gasteiger partial charge in [0, 0.05) is 32.3 Å². The van der Waals surface area contributed by atoms with Gasteiger partial charge in [-0.3, -0.25) is 10.1 Å². The molecule has 0 aliphatic carbocycles. The van der Waals surface area contributed by atoms with Gasteiger partial charge in [0.2, 0.25) is 0 Å². The minimum Gasteiger partial charge on any atom is -0.375 e. The fourth-order valence-corrected chi connectivity index (χ4v) is 3.40. The van der Waals surface area contributed by atoms with Crippen LogP contribution in [0.2, 0.25) is 0 Å². The molecule has 1 N–H and O–H groups in total. The van der Waals surface area contributed by atoms with E-state index in [1.54, 1.807) is 18.2 Å². The highest BCUT2D eigenvalue weighted by Gasteiger charge is 2.32. The molecule has 0 saturated carbocycles. The fraction of sp³-hybridized carbons (Fsp3) is 0.611. The maximum absolute atomic E-state index is 11.2. The number of aliphatic imine (C=N–C) groups is 1. The average molecular weight is 490 g/mol. The first-order valence-electron chi connectivity index (χ1n) is 9.17. The molecule has 0 radical (unpaired) electrons. The molecule has 150 valence electrons. The Morgan fingerprint density at radius 3 is 2.81 bits per heavy atom. The summed E-state index contributed by atoms with van der Waals surface area (Å²) in [5.74, 6) is 0.761. The van der Waals surface area contributed by atoms with Crippen molar-refractivity contribution in [2.75, 3.05) is 32.8 Å². The summed E-state index contributed by atoms with van der Waals surface area (Å²) in [7, 11) is 0. The average Bonchev–Trinajstić information content (AvgIpc) is 3.20. The molecule has 8 nitrogen and oxygen atoms in total. The lowest BCUT2D eigenvalue weighted by atomic mass is 10.1. The number of guanidine groups is 1. The molecule has 0 bridgehead atoms. The number of morpholine rings is 1. The topological polar surface area (TPSA) is 89.2 Å². The lowest BCUT2D eigenvalue weighted by molar-refractivity contribution is -0.385. The van der Waals surface area contributed by atoms with E-state index in [2.05, 4.69) is 15.2 Å². The minimum absolute atomic E-state index is 0. The number of halogens is 1. The number of para-hydroxylation sites is 1. The Labute approximate surface area is 176 Å². The maximum atomic E-state index is 11.2. The second-order valence-corrected chi connectivity index (χ2v) is 6.46. The molecule has 27 heavy (non-hydrogen) atoms. The lowest BCUT2D eigenvalue weighted by Crippen LogP contribution is -2.53. The Morgan fingerprint density at radius 2 is 2.11 bits per heavy atom. The molecule has 2 atom stereocenters. The number of hydrogen-bond donors (Lipinski definition) is 1. The van der Waals surface area contributed by atoms with E-state index in [-0.39, 0.29) is 53.3 Å². The molecule has 3 rings (SSSR count). The van der Waals surface area contributed by atoms with E-state index in [1.807, 2.05) is 6.92 Å². The van der Waals surface area contributed by atoms with Crippen LogP contribution in [-0.2, 0) is 16.0 Å². The van der Waals surface area contributed by atoms with E-state index >= 15 is 0 Å². The van der Waals surface area contributed by atoms with Crippen molar-refractivity contribution in [3.8, 4) is 0 Å². The molecular formula is C18H27IN4O4. The zero-order valence-corrected chi connectivity index (χ0v) is 17.8. The SMILES string of the molecule is CCNC(=NCc1ccccc1[N+](=O)[O-])N1CCOC(C2CCCO2)C1.I. The molecule has 2 aliphatic heterocycles. The van der Waals surface area contributed by atoms with Crippen molar-refractivity contribution in [2.24, 2.45) is 4.99 Å². The Kier molecular flexibility index (Phi) is 8.71. The summed E-state index contributed by atoms with van der Waals surface area (Å²) in [4.78, 5) is 17.6. The summed E-state index contributed by atoms with van der Waals surface area (Å²) in [5, 5.41) is 14.5. The molecular weight excluding hydrogens is 463 g/mol. The minimum atomic E-state index is -0.361. The van der Waals surface area contributed by atoms with Gasteiger partial charge in [-0.1, -0.05) is 18.2 Å². The maximum Gasteiger partial charge on any atom is 0.274 e. The highest BCUT2D eigenvalue weighted by molar-refractivity contribution is 14.0. The second-order valence-electron chi connectivity index (χ2n) is 6.46. The number of rotatable bonds is 5. The molecule has 0 spiro atoms. The smallest absolute Gasteiger partial charge is 0.274 e. The van der Waals surface area contributed by atoms with Gasteiger partial charge in [-0.25, -0.2) is 4.99 Å². The van der Waals surface area contributed by atoms with Crippen molar-refractivity contribution < 1.29 is 14.4 Å². The lowest BCUT2D eigenvalue weighted by Gasteiger charge is -2.37. The Morgan fingerprint density at radius 1 is 1.33 bits per heavy atom. The predicted octanol–water partition coefficient (Wildman–Crippen LogP) is 2.56. The third-order valence-electron chi connectivity index (χ3n) is 4.69. The van der Waals surface area contributed by atoms with Crippen molar-refractivity contribution in [1.82, 2.24) is 10.2 Å². The van der Waals surface area contributed by atoms with E-state index in [0.29, 0.717) is 18.7 Å². The summed E-state index contributed by atoms with van der Waals surface area (Å²) in [6.45, 7) is 5.90. The predicted molar refractivity (Wildman–Crippen MR) is 114 cm³/mol. The van der Waals surface area contributed by atoms with Crippen LogP contribution in [0.25, 0.3) is 0 Å². The number of hydrogen-bond acceptors (Lipinski definition) is 5. The number of nitrogens with one attached hydrogen (secondary N) is 1. The molecule has 2 saturated heterocycles. The van der Waals surface area contributed by atoms with Crippen LogP contribution < -0.4 is 5.32 Å². The Hall–Kier alpha value is -1.46. The largest absolute Gasteiger partial charge is 0.375 e. The number of nitro groups is 1. The van der Waals surface area contributed by atoms with Gasteiger partial charge in [0.25, 0.3) is 5.69 Å². The third kappa shape index (κ3) is 5.76. The quantitative estimate of drug-likeness (QED) is 0.225. The van der Waals surface area contributed by atoms with Gasteiger partial charge in [0.1, 0.15) is 6.10 Å². The van der Waals surface area contributed by atoms with Crippen LogP contribution in [0.1, 0.15) is 25.3 Å². The van der Waals surface area contributed by atoms with Crippen LogP contribution in [-0.4, -0.2) is 60.8 Å². The van der Waals surface area contributed by atoms with Gasteiger partial charge in [-0.2, -0.15) is 0 Å². The zero-order valence-electron chi connectivity index (χ0n) is 15.5. The van der Waals surface area contributed by atoms with Crippen LogP contribution in [0.4, 0.5) is 5.69 Å². The van der Waals surface area contributed by atoms with Crippen molar-refractivity contribution in [3.63, 3.8) is 0 Å². The van der Waals surface area contributed by atoms with Crippen LogP contribution in [0.15, 0.2) is 29.3 Å². The molecule has 2 aliphatic rings. The molecule has 2 fully saturated rings. The van der Waals surface area contributed by atoms with Gasteiger partial charge in [-0.15, -0.1) is 24.0 Å². The highest BCUT2D eigenvalue weighted by atomic mass is 127. The monoisotopic (exact) mass is 490 g/mol. The van der Waals surface area contributed by atoms with E-state index < -0.39 is 0 Å². The summed E-state index contributed by atoms with van der Waals surface area (Å²) in [6, 6.07) is 6.73. The standard InChI is InChI=1S/C18H26N4O4.HI/c1-2-19-18(20-12-14-6-3-4-7-15(14)22(23)24)21-9-11-26-17(13-21)16-8-5-10-25-16;/h3-4,6-7,16-17H,2,5,8-13H2,1H3,(H,19,20);1H. The second kappa shape index (κ2) is 10.8. The molecule has 0 aromatic heterocycles. The van der Waals surface area contributed by atoms with Gasteiger partial charge < -0.3 is 19.7 Å². The van der Waals surface area contributed by atoms with Crippen molar-refractivity contribution in [1.29, 1.82) is 0 Å². The molecule has 1 aromatic rings. The highest BCUT2D eigenvalue weighted by Crippen LogP contribution is 2.22. The summed E-state index contributed by atoms with van der Waals surface area (Å²) in [5.41, 5.74) is 0.711. The zero-order chi connectivity index (χ0) is 18.4. The number of ether oxygens (including phenoxy) is 2. The fourth-order valence-electron chi connectivity index (χ4n) is 3.40. The van der Waals surface area contributed by atoms with E-state index in [1.165, 1.54) is 6.07 Å². The molecule has 0 amide bonds. The van der Waals surface area contributed by atoms with E-state index in [0.717, 1.165) is 38.5 Å². The van der Waals surface area contributed by atoms with E-state index in [4.69, 9.17) is 9.47 Å². The third-order valence-corrected chi connectivity index (χ3v) is 4.69. The van der Waals surface area contributed by atoms with Crippen LogP contribution >= 0.6 is 24.0 Å². The van der Waals surface area contributed by atoms with Crippen LogP contribution in [0.5, 0.6) is 0 Å². The summed E-state index contributed by atoms with van der Waals surface area (Å²) >= 11 is 0. The van der Waals surface area contributed by atoms with Gasteiger partial charge >= 0.3 is 0 Å². The Balaban J connectivity index is 0.00000261. The molecule has 2 heterocycles. The number of benzene rings is 1. The van der Waals surface area contributed by atoms with Gasteiger partial charge in [-0.05, 0) is 19.8 Å². The summed E-state index contributed by atoms with van der Waals surface area (Å²) < 4.78 is 11.7. The summed E-state index contributed by atoms with van der Waals surface area (Å²) in [6.07, 6.45) is 2.30. The van der Waals surface area contributed by atoms with Crippen LogP contribution in [0.3, 0.4) is 0 Å². The van der Waals surface area contributed by atoms with Gasteiger partial charge in [0.15, 0.2) is 5.96 Å². The van der Waals surface area contributed by atoms with Gasteiger partial charge in [0.05, 0.1) is 29.7 Å².